The van der Waals surface area contributed by atoms with Gasteiger partial charge in [-0.15, -0.1) is 0 Å². The van der Waals surface area contributed by atoms with Crippen LogP contribution in [0.3, 0.4) is 0 Å². The molecule has 76 valence electrons. The van der Waals surface area contributed by atoms with Gasteiger partial charge in [0, 0.05) is 24.4 Å². The molecule has 0 spiro atoms. The number of H-pyrrole nitrogens is 1. The third-order valence-electron chi connectivity index (χ3n) is 2.34. The Balaban J connectivity index is 2.05. The number of nitrogens with zero attached hydrogens (tertiary/aromatic N) is 1. The Morgan fingerprint density at radius 1 is 1.79 bits per heavy atom. The summed E-state index contributed by atoms with van der Waals surface area (Å²) in [6.45, 7) is 1.48. The van der Waals surface area contributed by atoms with Crippen LogP contribution in [0.1, 0.15) is 23.9 Å². The van der Waals surface area contributed by atoms with Crippen LogP contribution in [-0.4, -0.2) is 34.3 Å². The van der Waals surface area contributed by atoms with Gasteiger partial charge < -0.3 is 14.8 Å². The average Bonchev–Trinajstić information content (AvgIpc) is 2.69. The zero-order valence-corrected chi connectivity index (χ0v) is 7.69. The monoisotopic (exact) mass is 196 g/mol. The van der Waals surface area contributed by atoms with Crippen molar-refractivity contribution in [2.24, 2.45) is 0 Å². The van der Waals surface area contributed by atoms with Crippen LogP contribution in [0.25, 0.3) is 0 Å². The normalized spacial score (nSPS) is 21.3. The summed E-state index contributed by atoms with van der Waals surface area (Å²) in [5, 5.41) is 8.56. The Kier molecular flexibility index (Phi) is 2.49. The van der Waals surface area contributed by atoms with Crippen LogP contribution in [0.15, 0.2) is 6.20 Å². The molecule has 2 rings (SSSR count). The molecule has 2 heterocycles. The van der Waals surface area contributed by atoms with Gasteiger partial charge in [-0.05, 0) is 6.42 Å². The van der Waals surface area contributed by atoms with E-state index in [9.17, 15) is 4.79 Å². The minimum Gasteiger partial charge on any atom is -0.481 e. The first-order valence-electron chi connectivity index (χ1n) is 4.59. The zero-order valence-electron chi connectivity index (χ0n) is 7.69. The van der Waals surface area contributed by atoms with E-state index in [0.29, 0.717) is 18.3 Å². The van der Waals surface area contributed by atoms with Gasteiger partial charge in [0.05, 0.1) is 6.61 Å². The molecule has 2 N–H and O–H groups in total. The molecule has 5 nitrogen and oxygen atoms in total. The van der Waals surface area contributed by atoms with Crippen LogP contribution in [-0.2, 0) is 16.0 Å². The smallest absolute Gasteiger partial charge is 0.311 e. The molecule has 14 heavy (non-hydrogen) atoms. The lowest BCUT2D eigenvalue weighted by molar-refractivity contribution is -0.136. The van der Waals surface area contributed by atoms with Crippen LogP contribution in [0.4, 0.5) is 0 Å². The molecule has 0 aliphatic carbocycles. The number of rotatable bonds is 3. The van der Waals surface area contributed by atoms with Gasteiger partial charge in [-0.3, -0.25) is 4.79 Å². The second-order valence-corrected chi connectivity index (χ2v) is 3.42. The van der Waals surface area contributed by atoms with Gasteiger partial charge >= 0.3 is 5.97 Å². The molecular formula is C9H12N2O3. The van der Waals surface area contributed by atoms with Crippen molar-refractivity contribution in [3.8, 4) is 0 Å². The molecule has 1 atom stereocenters. The van der Waals surface area contributed by atoms with Gasteiger partial charge in [-0.25, -0.2) is 4.98 Å². The Bertz CT molecular complexity index is 329. The molecule has 0 saturated carbocycles. The lowest BCUT2D eigenvalue weighted by Crippen LogP contribution is -2.03. The van der Waals surface area contributed by atoms with Crippen molar-refractivity contribution in [2.45, 2.75) is 18.8 Å². The summed E-state index contributed by atoms with van der Waals surface area (Å²) in [6.07, 6.45) is 2.64. The van der Waals surface area contributed by atoms with E-state index in [1.54, 1.807) is 6.20 Å². The molecule has 0 amide bonds. The van der Waals surface area contributed by atoms with E-state index in [-0.39, 0.29) is 6.42 Å². The van der Waals surface area contributed by atoms with E-state index in [4.69, 9.17) is 9.84 Å². The standard InChI is InChI=1S/C9H12N2O3/c12-9(13)3-8-10-4-7(11-8)6-1-2-14-5-6/h4,6H,1-3,5H2,(H,10,11)(H,12,13). The summed E-state index contributed by atoms with van der Waals surface area (Å²) in [4.78, 5) is 17.4. The van der Waals surface area contributed by atoms with E-state index in [1.165, 1.54) is 0 Å². The van der Waals surface area contributed by atoms with Crippen LogP contribution >= 0.6 is 0 Å². The first-order chi connectivity index (χ1) is 6.75. The minimum absolute atomic E-state index is 0.0480. The minimum atomic E-state index is -0.867. The third-order valence-corrected chi connectivity index (χ3v) is 2.34. The van der Waals surface area contributed by atoms with Crippen LogP contribution < -0.4 is 0 Å². The topological polar surface area (TPSA) is 75.2 Å². The molecule has 0 aromatic carbocycles. The van der Waals surface area contributed by atoms with Crippen molar-refractivity contribution in [1.29, 1.82) is 0 Å². The number of aromatic nitrogens is 2. The summed E-state index contributed by atoms with van der Waals surface area (Å²) in [5.74, 6) is -0.00184. The maximum absolute atomic E-state index is 10.4. The van der Waals surface area contributed by atoms with E-state index in [1.807, 2.05) is 0 Å². The third kappa shape index (κ3) is 1.93. The van der Waals surface area contributed by atoms with Gasteiger partial charge in [0.2, 0.25) is 0 Å². The second-order valence-electron chi connectivity index (χ2n) is 3.42. The molecule has 1 aliphatic heterocycles. The van der Waals surface area contributed by atoms with E-state index in [0.717, 1.165) is 18.7 Å². The predicted octanol–water partition coefficient (Wildman–Crippen LogP) is 0.541. The average molecular weight is 196 g/mol. The second kappa shape index (κ2) is 3.79. The Labute approximate surface area is 81.1 Å². The summed E-state index contributed by atoms with van der Waals surface area (Å²) in [6, 6.07) is 0. The largest absolute Gasteiger partial charge is 0.481 e. The van der Waals surface area contributed by atoms with Gasteiger partial charge in [0.25, 0.3) is 0 Å². The van der Waals surface area contributed by atoms with Crippen molar-refractivity contribution < 1.29 is 14.6 Å². The number of imidazole rings is 1. The number of carbonyl (C=O) groups is 1. The highest BCUT2D eigenvalue weighted by atomic mass is 16.5. The van der Waals surface area contributed by atoms with Crippen LogP contribution in [0.2, 0.25) is 0 Å². The van der Waals surface area contributed by atoms with Gasteiger partial charge in [0.15, 0.2) is 0 Å². The molecule has 0 bridgehead atoms. The molecular weight excluding hydrogens is 184 g/mol. The Morgan fingerprint density at radius 2 is 2.64 bits per heavy atom. The van der Waals surface area contributed by atoms with Crippen molar-refractivity contribution in [3.05, 3.63) is 17.7 Å². The highest BCUT2D eigenvalue weighted by Crippen LogP contribution is 2.23. The maximum atomic E-state index is 10.4. The number of nitrogens with one attached hydrogen (secondary N) is 1. The summed E-state index contributed by atoms with van der Waals surface area (Å²) >= 11 is 0. The maximum Gasteiger partial charge on any atom is 0.311 e. The molecule has 1 fully saturated rings. The van der Waals surface area contributed by atoms with Crippen molar-refractivity contribution in [1.82, 2.24) is 9.97 Å². The van der Waals surface area contributed by atoms with Crippen molar-refractivity contribution >= 4 is 5.97 Å². The molecule has 1 saturated heterocycles. The summed E-state index contributed by atoms with van der Waals surface area (Å²) < 4.78 is 5.24. The van der Waals surface area contributed by atoms with E-state index >= 15 is 0 Å². The Morgan fingerprint density at radius 3 is 3.29 bits per heavy atom. The lowest BCUT2D eigenvalue weighted by Gasteiger charge is -2.02. The fraction of sp³-hybridized carbons (Fsp3) is 0.556. The number of carboxylic acid groups (broad SMARTS) is 1. The molecule has 1 aromatic heterocycles. The number of aliphatic carboxylic acids is 1. The summed E-state index contributed by atoms with van der Waals surface area (Å²) in [7, 11) is 0. The SMILES string of the molecule is O=C(O)Cc1ncc(C2CCOC2)[nH]1. The van der Waals surface area contributed by atoms with Gasteiger partial charge in [-0.1, -0.05) is 0 Å². The molecule has 1 aromatic rings. The number of carboxylic acids is 1. The molecule has 1 unspecified atom stereocenters. The lowest BCUT2D eigenvalue weighted by atomic mass is 10.1. The first kappa shape index (κ1) is 9.21. The number of hydrogen-bond acceptors (Lipinski definition) is 3. The van der Waals surface area contributed by atoms with Gasteiger partial charge in [-0.2, -0.15) is 0 Å². The summed E-state index contributed by atoms with van der Waals surface area (Å²) in [5.41, 5.74) is 0.985. The van der Waals surface area contributed by atoms with Gasteiger partial charge in [0.1, 0.15) is 12.2 Å². The van der Waals surface area contributed by atoms with Crippen LogP contribution in [0, 0.1) is 0 Å². The Hall–Kier alpha value is -1.36. The predicted molar refractivity (Wildman–Crippen MR) is 48.1 cm³/mol. The molecule has 5 heteroatoms. The van der Waals surface area contributed by atoms with Crippen LogP contribution in [0.5, 0.6) is 0 Å². The number of hydrogen-bond donors (Lipinski definition) is 2. The quantitative estimate of drug-likeness (QED) is 0.739. The molecule has 0 radical (unpaired) electrons. The first-order valence-corrected chi connectivity index (χ1v) is 4.59. The van der Waals surface area contributed by atoms with Crippen molar-refractivity contribution in [2.75, 3.05) is 13.2 Å². The molecule has 1 aliphatic rings. The number of aromatic amines is 1. The zero-order chi connectivity index (χ0) is 9.97. The number of ether oxygens (including phenoxy) is 1. The highest BCUT2D eigenvalue weighted by Gasteiger charge is 2.19. The fourth-order valence-corrected chi connectivity index (χ4v) is 1.60. The fourth-order valence-electron chi connectivity index (χ4n) is 1.60. The van der Waals surface area contributed by atoms with E-state index in [2.05, 4.69) is 9.97 Å². The highest BCUT2D eigenvalue weighted by molar-refractivity contribution is 5.68. The van der Waals surface area contributed by atoms with E-state index < -0.39 is 5.97 Å². The van der Waals surface area contributed by atoms with Crippen molar-refractivity contribution in [3.63, 3.8) is 0 Å².